The monoisotopic (exact) mass is 548 g/mol. The number of ether oxygens (including phenoxy) is 2. The van der Waals surface area contributed by atoms with Gasteiger partial charge in [0.25, 0.3) is 11.8 Å². The third kappa shape index (κ3) is 5.48. The molecule has 1 aromatic heterocycles. The van der Waals surface area contributed by atoms with Gasteiger partial charge >= 0.3 is 6.18 Å². The van der Waals surface area contributed by atoms with E-state index < -0.39 is 51.4 Å². The highest BCUT2D eigenvalue weighted by Gasteiger charge is 2.46. The van der Waals surface area contributed by atoms with Crippen LogP contribution in [0.15, 0.2) is 23.6 Å². The lowest BCUT2D eigenvalue weighted by Gasteiger charge is -2.27. The van der Waals surface area contributed by atoms with E-state index in [1.54, 1.807) is 6.92 Å². The number of carbonyl (C=O) groups is 3. The van der Waals surface area contributed by atoms with E-state index in [4.69, 9.17) is 9.47 Å². The van der Waals surface area contributed by atoms with E-state index in [2.05, 4.69) is 5.32 Å². The molecule has 0 bridgehead atoms. The second kappa shape index (κ2) is 10.1. The number of fused-ring (bicyclic) bond motifs is 1. The Kier molecular flexibility index (Phi) is 7.69. The molecule has 2 heterocycles. The van der Waals surface area contributed by atoms with E-state index in [0.29, 0.717) is 12.7 Å². The Morgan fingerprint density at radius 3 is 2.42 bits per heavy atom. The van der Waals surface area contributed by atoms with Gasteiger partial charge in [-0.3, -0.25) is 19.3 Å². The molecule has 1 aliphatic heterocycles. The van der Waals surface area contributed by atoms with Crippen LogP contribution in [-0.2, 0) is 14.6 Å². The molecule has 14 heteroatoms. The summed E-state index contributed by atoms with van der Waals surface area (Å²) >= 11 is 0.730. The summed E-state index contributed by atoms with van der Waals surface area (Å²) in [6, 6.07) is 3.16. The van der Waals surface area contributed by atoms with Crippen molar-refractivity contribution in [2.24, 2.45) is 5.92 Å². The molecule has 9 nitrogen and oxygen atoms in total. The number of amides is 3. The zero-order chi connectivity index (χ0) is 27.0. The number of halogens is 3. The van der Waals surface area contributed by atoms with Gasteiger partial charge in [-0.25, -0.2) is 8.42 Å². The summed E-state index contributed by atoms with van der Waals surface area (Å²) in [4.78, 5) is 39.4. The van der Waals surface area contributed by atoms with E-state index in [9.17, 15) is 36.0 Å². The van der Waals surface area contributed by atoms with Crippen molar-refractivity contribution in [3.8, 4) is 11.5 Å². The molecule has 0 spiro atoms. The van der Waals surface area contributed by atoms with Crippen molar-refractivity contribution in [2.45, 2.75) is 26.1 Å². The highest BCUT2D eigenvalue weighted by atomic mass is 32.2. The fourth-order valence-corrected chi connectivity index (χ4v) is 5.43. The predicted octanol–water partition coefficient (Wildman–Crippen LogP) is 3.67. The Morgan fingerprint density at radius 1 is 1.19 bits per heavy atom. The normalized spacial score (nSPS) is 15.5. The van der Waals surface area contributed by atoms with E-state index in [1.807, 2.05) is 0 Å². The molecule has 0 saturated heterocycles. The molecule has 196 valence electrons. The van der Waals surface area contributed by atoms with Crippen LogP contribution in [-0.4, -0.2) is 62.9 Å². The van der Waals surface area contributed by atoms with Crippen molar-refractivity contribution >= 4 is 43.9 Å². The lowest BCUT2D eigenvalue weighted by Crippen LogP contribution is -2.38. The number of anilines is 1. The van der Waals surface area contributed by atoms with Crippen LogP contribution in [0.3, 0.4) is 0 Å². The molecule has 3 rings (SSSR count). The molecule has 1 aromatic carbocycles. The quantitative estimate of drug-likeness (QED) is 0.475. The van der Waals surface area contributed by atoms with Gasteiger partial charge in [-0.05, 0) is 31.5 Å². The summed E-state index contributed by atoms with van der Waals surface area (Å²) < 4.78 is 74.0. The van der Waals surface area contributed by atoms with E-state index in [0.717, 1.165) is 22.5 Å². The van der Waals surface area contributed by atoms with Gasteiger partial charge < -0.3 is 14.8 Å². The van der Waals surface area contributed by atoms with Crippen molar-refractivity contribution in [2.75, 3.05) is 31.0 Å². The van der Waals surface area contributed by atoms with Crippen LogP contribution < -0.4 is 14.8 Å². The van der Waals surface area contributed by atoms with Gasteiger partial charge in [0.2, 0.25) is 5.91 Å². The third-order valence-corrected chi connectivity index (χ3v) is 7.26. The van der Waals surface area contributed by atoms with Crippen molar-refractivity contribution in [3.63, 3.8) is 0 Å². The molecule has 1 unspecified atom stereocenters. The molecular formula is C22H23F3N2O7S2. The standard InChI is InChI=1S/C22H23F3N2O7S2/c1-5-34-16-8-12(6-7-15(16)33-3)14(10-36(4,31)32)27-20(29)13-9-35-19(17(13)21(27)30)26-18(28)11(2)22(23,24)25/h6-9,11,14H,5,10H2,1-4H3,(H,26,28)/t11?,14-/m1/s1. The zero-order valence-electron chi connectivity index (χ0n) is 19.6. The number of thiophene rings is 1. The molecule has 0 saturated carbocycles. The number of hydrogen-bond acceptors (Lipinski definition) is 8. The summed E-state index contributed by atoms with van der Waals surface area (Å²) in [6.07, 6.45) is -3.86. The third-order valence-electron chi connectivity index (χ3n) is 5.44. The Morgan fingerprint density at radius 2 is 1.86 bits per heavy atom. The minimum atomic E-state index is -4.80. The summed E-state index contributed by atoms with van der Waals surface area (Å²) in [5.74, 6) is -5.53. The van der Waals surface area contributed by atoms with Gasteiger partial charge in [0, 0.05) is 11.6 Å². The second-order valence-electron chi connectivity index (χ2n) is 8.04. The largest absolute Gasteiger partial charge is 0.493 e. The summed E-state index contributed by atoms with van der Waals surface area (Å²) in [5, 5.41) is 3.08. The summed E-state index contributed by atoms with van der Waals surface area (Å²) in [6.45, 7) is 2.65. The average Bonchev–Trinajstić information content (AvgIpc) is 3.30. The molecule has 0 fully saturated rings. The topological polar surface area (TPSA) is 119 Å². The van der Waals surface area contributed by atoms with Gasteiger partial charge in [-0.1, -0.05) is 6.07 Å². The molecule has 1 aliphatic rings. The number of nitrogens with one attached hydrogen (secondary N) is 1. The molecule has 0 radical (unpaired) electrons. The highest BCUT2D eigenvalue weighted by Crippen LogP contribution is 2.41. The SMILES string of the molecule is CCOc1cc([C@@H](CS(C)(=O)=O)N2C(=O)c3csc(NC(=O)C(C)C(F)(F)F)c3C2=O)ccc1OC. The van der Waals surface area contributed by atoms with E-state index in [-0.39, 0.29) is 34.0 Å². The van der Waals surface area contributed by atoms with Crippen LogP contribution in [0.4, 0.5) is 18.2 Å². The summed E-state index contributed by atoms with van der Waals surface area (Å²) in [7, 11) is -2.33. The van der Waals surface area contributed by atoms with Crippen LogP contribution in [0.25, 0.3) is 0 Å². The number of benzene rings is 1. The first kappa shape index (κ1) is 27.5. The highest BCUT2D eigenvalue weighted by molar-refractivity contribution is 7.90. The minimum Gasteiger partial charge on any atom is -0.493 e. The zero-order valence-corrected chi connectivity index (χ0v) is 21.3. The van der Waals surface area contributed by atoms with Crippen LogP contribution in [0, 0.1) is 5.92 Å². The number of hydrogen-bond donors (Lipinski definition) is 1. The Balaban J connectivity index is 2.03. The van der Waals surface area contributed by atoms with Gasteiger partial charge in [0.1, 0.15) is 20.8 Å². The number of nitrogens with zero attached hydrogens (tertiary/aromatic N) is 1. The Labute approximate surface area is 209 Å². The second-order valence-corrected chi connectivity index (χ2v) is 11.1. The molecule has 2 atom stereocenters. The van der Waals surface area contributed by atoms with Gasteiger partial charge in [-0.15, -0.1) is 11.3 Å². The minimum absolute atomic E-state index is 0.142. The molecule has 36 heavy (non-hydrogen) atoms. The maximum Gasteiger partial charge on any atom is 0.400 e. The average molecular weight is 549 g/mol. The van der Waals surface area contributed by atoms with Crippen molar-refractivity contribution in [1.82, 2.24) is 4.90 Å². The predicted molar refractivity (Wildman–Crippen MR) is 125 cm³/mol. The lowest BCUT2D eigenvalue weighted by atomic mass is 10.1. The molecule has 2 aromatic rings. The number of methoxy groups -OCH3 is 1. The van der Waals surface area contributed by atoms with Crippen LogP contribution in [0.2, 0.25) is 0 Å². The number of alkyl halides is 3. The van der Waals surface area contributed by atoms with Crippen LogP contribution >= 0.6 is 11.3 Å². The van der Waals surface area contributed by atoms with Crippen LogP contribution in [0.1, 0.15) is 46.2 Å². The van der Waals surface area contributed by atoms with Crippen molar-refractivity contribution < 1.29 is 45.4 Å². The lowest BCUT2D eigenvalue weighted by molar-refractivity contribution is -0.175. The number of sulfone groups is 1. The van der Waals surface area contributed by atoms with Crippen molar-refractivity contribution in [1.29, 1.82) is 0 Å². The number of rotatable bonds is 9. The van der Waals surface area contributed by atoms with Gasteiger partial charge in [0.15, 0.2) is 11.5 Å². The maximum atomic E-state index is 13.4. The van der Waals surface area contributed by atoms with E-state index >= 15 is 0 Å². The maximum absolute atomic E-state index is 13.4. The first-order valence-electron chi connectivity index (χ1n) is 10.5. The van der Waals surface area contributed by atoms with Crippen LogP contribution in [0.5, 0.6) is 11.5 Å². The number of carbonyl (C=O) groups excluding carboxylic acids is 3. The number of imide groups is 1. The first-order chi connectivity index (χ1) is 16.7. The smallest absolute Gasteiger partial charge is 0.400 e. The fraction of sp³-hybridized carbons (Fsp3) is 0.409. The molecular weight excluding hydrogens is 525 g/mol. The molecule has 3 amide bonds. The van der Waals surface area contributed by atoms with Gasteiger partial charge in [-0.2, -0.15) is 13.2 Å². The summed E-state index contributed by atoms with van der Waals surface area (Å²) in [5.41, 5.74) is -0.168. The Hall–Kier alpha value is -3.13. The Bertz CT molecular complexity index is 1310. The van der Waals surface area contributed by atoms with Gasteiger partial charge in [0.05, 0.1) is 36.6 Å². The van der Waals surface area contributed by atoms with Crippen molar-refractivity contribution in [3.05, 3.63) is 40.3 Å². The molecule has 1 N–H and O–H groups in total. The fourth-order valence-electron chi connectivity index (χ4n) is 3.59. The molecule has 0 aliphatic carbocycles. The van der Waals surface area contributed by atoms with E-state index in [1.165, 1.54) is 30.7 Å². The first-order valence-corrected chi connectivity index (χ1v) is 13.5.